The van der Waals surface area contributed by atoms with Gasteiger partial charge < -0.3 is 14.2 Å². The van der Waals surface area contributed by atoms with Gasteiger partial charge in [-0.15, -0.1) is 0 Å². The van der Waals surface area contributed by atoms with Gasteiger partial charge in [0.2, 0.25) is 6.23 Å². The fourth-order valence-electron chi connectivity index (χ4n) is 4.18. The summed E-state index contributed by atoms with van der Waals surface area (Å²) in [7, 11) is 3.23. The molecule has 0 N–H and O–H groups in total. The van der Waals surface area contributed by atoms with Crippen molar-refractivity contribution in [2.24, 2.45) is 5.10 Å². The standard InChI is InChI=1S/C24H19Cl3N2O3/c1-30-21-7-6-13(9-22(21)31-2)19-12-20-17-10-16(26)11-18(27)23(17)32-24(29(20)28-19)14-4-3-5-15(25)8-14/h3-11,20,24H,12H2,1-2H3/t20-,24-/m1/s1. The quantitative estimate of drug-likeness (QED) is 0.399. The molecule has 3 aromatic carbocycles. The Kier molecular flexibility index (Phi) is 5.58. The Bertz CT molecular complexity index is 1230. The van der Waals surface area contributed by atoms with Gasteiger partial charge in [0.15, 0.2) is 11.5 Å². The van der Waals surface area contributed by atoms with Crippen LogP contribution in [0.15, 0.2) is 59.7 Å². The van der Waals surface area contributed by atoms with E-state index in [2.05, 4.69) is 0 Å². The fraction of sp³-hybridized carbons (Fsp3) is 0.208. The first-order valence-corrected chi connectivity index (χ1v) is 11.1. The molecule has 0 bridgehead atoms. The molecule has 0 fully saturated rings. The molecule has 5 nitrogen and oxygen atoms in total. The first kappa shape index (κ1) is 21.3. The molecular formula is C24H19Cl3N2O3. The molecule has 8 heteroatoms. The Balaban J connectivity index is 1.62. The second-order valence-electron chi connectivity index (χ2n) is 7.55. The lowest BCUT2D eigenvalue weighted by Crippen LogP contribution is -2.33. The van der Waals surface area contributed by atoms with Crippen LogP contribution >= 0.6 is 34.8 Å². The SMILES string of the molecule is COc1ccc(C2=NN3[C@H](C2)c2cc(Cl)cc(Cl)c2O[C@@H]3c2cccc(Cl)c2)cc1OC. The van der Waals surface area contributed by atoms with Crippen LogP contribution in [-0.2, 0) is 0 Å². The molecule has 2 heterocycles. The number of hydrogen-bond donors (Lipinski definition) is 0. The zero-order valence-corrected chi connectivity index (χ0v) is 19.6. The summed E-state index contributed by atoms with van der Waals surface area (Å²) in [6.45, 7) is 0. The predicted octanol–water partition coefficient (Wildman–Crippen LogP) is 6.91. The van der Waals surface area contributed by atoms with Gasteiger partial charge in [0, 0.05) is 33.2 Å². The Morgan fingerprint density at radius 2 is 1.75 bits per heavy atom. The van der Waals surface area contributed by atoms with Crippen molar-refractivity contribution in [2.45, 2.75) is 18.7 Å². The number of halogens is 3. The topological polar surface area (TPSA) is 43.3 Å². The van der Waals surface area contributed by atoms with Gasteiger partial charge in [0.25, 0.3) is 0 Å². The van der Waals surface area contributed by atoms with E-state index in [9.17, 15) is 0 Å². The summed E-state index contributed by atoms with van der Waals surface area (Å²) in [5.74, 6) is 1.93. The molecule has 3 aromatic rings. The summed E-state index contributed by atoms with van der Waals surface area (Å²) in [5.41, 5.74) is 3.63. The van der Waals surface area contributed by atoms with Crippen LogP contribution in [-0.4, -0.2) is 24.9 Å². The minimum absolute atomic E-state index is 0.0953. The molecular weight excluding hydrogens is 471 g/mol. The van der Waals surface area contributed by atoms with E-state index in [4.69, 9.17) is 54.1 Å². The van der Waals surface area contributed by atoms with E-state index in [-0.39, 0.29) is 6.04 Å². The zero-order chi connectivity index (χ0) is 22.4. The third kappa shape index (κ3) is 3.64. The third-order valence-electron chi connectivity index (χ3n) is 5.66. The average molecular weight is 490 g/mol. The first-order valence-electron chi connectivity index (χ1n) is 9.97. The molecule has 0 saturated heterocycles. The second-order valence-corrected chi connectivity index (χ2v) is 8.83. The van der Waals surface area contributed by atoms with E-state index >= 15 is 0 Å². The molecule has 2 aliphatic rings. The molecule has 0 radical (unpaired) electrons. The monoisotopic (exact) mass is 488 g/mol. The van der Waals surface area contributed by atoms with Crippen molar-refractivity contribution in [3.8, 4) is 17.2 Å². The van der Waals surface area contributed by atoms with Crippen molar-refractivity contribution in [3.05, 3.63) is 86.4 Å². The molecule has 5 rings (SSSR count). The molecule has 0 aromatic heterocycles. The number of fused-ring (bicyclic) bond motifs is 3. The van der Waals surface area contributed by atoms with Gasteiger partial charge >= 0.3 is 0 Å². The number of rotatable bonds is 4. The summed E-state index contributed by atoms with van der Waals surface area (Å²) < 4.78 is 17.2. The van der Waals surface area contributed by atoms with E-state index in [1.165, 1.54) is 0 Å². The summed E-state index contributed by atoms with van der Waals surface area (Å²) in [6.07, 6.45) is 0.169. The molecule has 0 amide bonds. The smallest absolute Gasteiger partial charge is 0.214 e. The van der Waals surface area contributed by atoms with Gasteiger partial charge in [0.1, 0.15) is 5.75 Å². The summed E-state index contributed by atoms with van der Waals surface area (Å²) in [6, 6.07) is 16.8. The lowest BCUT2D eigenvalue weighted by molar-refractivity contribution is -0.0189. The molecule has 0 saturated carbocycles. The van der Waals surface area contributed by atoms with Crippen molar-refractivity contribution in [1.82, 2.24) is 5.01 Å². The zero-order valence-electron chi connectivity index (χ0n) is 17.3. The Morgan fingerprint density at radius 3 is 2.50 bits per heavy atom. The lowest BCUT2D eigenvalue weighted by atomic mass is 9.95. The van der Waals surface area contributed by atoms with Gasteiger partial charge in [-0.2, -0.15) is 5.10 Å². The Hall–Kier alpha value is -2.60. The molecule has 0 unspecified atom stereocenters. The third-order valence-corrected chi connectivity index (χ3v) is 6.39. The summed E-state index contributed by atoms with van der Waals surface area (Å²) >= 11 is 19.1. The van der Waals surface area contributed by atoms with Crippen molar-refractivity contribution >= 4 is 40.5 Å². The highest BCUT2D eigenvalue weighted by molar-refractivity contribution is 6.35. The van der Waals surface area contributed by atoms with Gasteiger partial charge in [-0.05, 0) is 42.5 Å². The lowest BCUT2D eigenvalue weighted by Gasteiger charge is -2.38. The van der Waals surface area contributed by atoms with E-state index in [0.717, 1.165) is 22.4 Å². The first-order chi connectivity index (χ1) is 15.5. The van der Waals surface area contributed by atoms with Crippen LogP contribution in [0.25, 0.3) is 0 Å². The van der Waals surface area contributed by atoms with E-state index < -0.39 is 6.23 Å². The summed E-state index contributed by atoms with van der Waals surface area (Å²) in [5, 5.41) is 8.56. The number of nitrogens with zero attached hydrogens (tertiary/aromatic N) is 2. The number of methoxy groups -OCH3 is 2. The Morgan fingerprint density at radius 1 is 0.938 bits per heavy atom. The van der Waals surface area contributed by atoms with Crippen molar-refractivity contribution in [3.63, 3.8) is 0 Å². The van der Waals surface area contributed by atoms with E-state index in [0.29, 0.717) is 38.7 Å². The maximum atomic E-state index is 6.53. The highest BCUT2D eigenvalue weighted by Crippen LogP contribution is 2.51. The summed E-state index contributed by atoms with van der Waals surface area (Å²) in [4.78, 5) is 0. The predicted molar refractivity (Wildman–Crippen MR) is 127 cm³/mol. The maximum Gasteiger partial charge on any atom is 0.214 e. The molecule has 0 spiro atoms. The maximum absolute atomic E-state index is 6.53. The van der Waals surface area contributed by atoms with Gasteiger partial charge in [-0.1, -0.05) is 46.9 Å². The molecule has 0 aliphatic carbocycles. The average Bonchev–Trinajstić information content (AvgIpc) is 3.24. The number of hydrazone groups is 1. The molecule has 2 aliphatic heterocycles. The largest absolute Gasteiger partial charge is 0.493 e. The molecule has 2 atom stereocenters. The van der Waals surface area contributed by atoms with E-state index in [1.54, 1.807) is 20.3 Å². The van der Waals surface area contributed by atoms with Crippen LogP contribution in [0.3, 0.4) is 0 Å². The second kappa shape index (κ2) is 8.39. The normalized spacial score (nSPS) is 19.0. The van der Waals surface area contributed by atoms with Crippen LogP contribution in [0.4, 0.5) is 0 Å². The minimum Gasteiger partial charge on any atom is -0.493 e. The van der Waals surface area contributed by atoms with Crippen LogP contribution < -0.4 is 14.2 Å². The van der Waals surface area contributed by atoms with Crippen LogP contribution in [0, 0.1) is 0 Å². The number of benzene rings is 3. The van der Waals surface area contributed by atoms with Crippen molar-refractivity contribution in [1.29, 1.82) is 0 Å². The van der Waals surface area contributed by atoms with Crippen molar-refractivity contribution < 1.29 is 14.2 Å². The molecule has 164 valence electrons. The highest BCUT2D eigenvalue weighted by Gasteiger charge is 2.42. The van der Waals surface area contributed by atoms with Crippen LogP contribution in [0.2, 0.25) is 15.1 Å². The van der Waals surface area contributed by atoms with Crippen molar-refractivity contribution in [2.75, 3.05) is 14.2 Å². The minimum atomic E-state index is -0.484. The Labute approximate surface area is 201 Å². The van der Waals surface area contributed by atoms with Crippen LogP contribution in [0.1, 0.15) is 35.4 Å². The number of ether oxygens (including phenoxy) is 3. The molecule has 32 heavy (non-hydrogen) atoms. The number of hydrogen-bond acceptors (Lipinski definition) is 5. The fourth-order valence-corrected chi connectivity index (χ4v) is 4.94. The van der Waals surface area contributed by atoms with Gasteiger partial charge in [0.05, 0.1) is 31.0 Å². The highest BCUT2D eigenvalue weighted by atomic mass is 35.5. The van der Waals surface area contributed by atoms with Crippen LogP contribution in [0.5, 0.6) is 17.2 Å². The van der Waals surface area contributed by atoms with Gasteiger partial charge in [-0.3, -0.25) is 0 Å². The van der Waals surface area contributed by atoms with Gasteiger partial charge in [-0.25, -0.2) is 5.01 Å². The van der Waals surface area contributed by atoms with E-state index in [1.807, 2.05) is 53.5 Å².